The minimum atomic E-state index is -0.459. The van der Waals surface area contributed by atoms with Crippen molar-refractivity contribution in [2.24, 2.45) is 5.92 Å². The molecule has 21 heavy (non-hydrogen) atoms. The topological polar surface area (TPSA) is 41.6 Å². The molecule has 0 radical (unpaired) electrons. The van der Waals surface area contributed by atoms with Gasteiger partial charge in [-0.15, -0.1) is 0 Å². The van der Waals surface area contributed by atoms with Crippen molar-refractivity contribution in [2.75, 3.05) is 19.7 Å². The van der Waals surface area contributed by atoms with E-state index in [2.05, 4.69) is 31.0 Å². The van der Waals surface area contributed by atoms with Gasteiger partial charge in [-0.2, -0.15) is 0 Å². The van der Waals surface area contributed by atoms with Gasteiger partial charge >= 0.3 is 5.97 Å². The number of ether oxygens (including phenoxy) is 1. The van der Waals surface area contributed by atoms with Crippen LogP contribution in [-0.4, -0.2) is 48.2 Å². The van der Waals surface area contributed by atoms with Gasteiger partial charge in [0.05, 0.1) is 6.61 Å². The smallest absolute Gasteiger partial charge is 0.326 e. The van der Waals surface area contributed by atoms with Gasteiger partial charge in [0.2, 0.25) is 0 Å². The van der Waals surface area contributed by atoms with E-state index < -0.39 is 5.54 Å². The number of hydrogen-bond acceptors (Lipinski definition) is 4. The second kappa shape index (κ2) is 7.10. The Kier molecular flexibility index (Phi) is 5.67. The van der Waals surface area contributed by atoms with E-state index in [-0.39, 0.29) is 5.97 Å². The minimum absolute atomic E-state index is 0.0487. The summed E-state index contributed by atoms with van der Waals surface area (Å²) >= 11 is 0. The molecule has 4 heteroatoms. The first-order chi connectivity index (χ1) is 10.0. The molecule has 1 aliphatic heterocycles. The van der Waals surface area contributed by atoms with Crippen LogP contribution in [0.15, 0.2) is 0 Å². The summed E-state index contributed by atoms with van der Waals surface area (Å²) in [6.07, 6.45) is 5.50. The highest BCUT2D eigenvalue weighted by atomic mass is 16.5. The summed E-state index contributed by atoms with van der Waals surface area (Å²) in [5.41, 5.74) is -0.459. The molecule has 122 valence electrons. The van der Waals surface area contributed by atoms with Crippen LogP contribution >= 0.6 is 0 Å². The third-order valence-corrected chi connectivity index (χ3v) is 5.13. The Morgan fingerprint density at radius 1 is 1.38 bits per heavy atom. The molecule has 4 nitrogen and oxygen atoms in total. The van der Waals surface area contributed by atoms with Gasteiger partial charge in [0.25, 0.3) is 0 Å². The van der Waals surface area contributed by atoms with E-state index in [9.17, 15) is 4.79 Å². The number of carbonyl (C=O) groups excluding carboxylic acids is 1. The largest absolute Gasteiger partial charge is 0.465 e. The van der Waals surface area contributed by atoms with E-state index in [1.54, 1.807) is 0 Å². The van der Waals surface area contributed by atoms with Crippen molar-refractivity contribution in [1.82, 2.24) is 10.2 Å². The van der Waals surface area contributed by atoms with Crippen molar-refractivity contribution in [1.29, 1.82) is 0 Å². The van der Waals surface area contributed by atoms with Crippen molar-refractivity contribution >= 4 is 5.97 Å². The summed E-state index contributed by atoms with van der Waals surface area (Å²) in [5.74, 6) is 0.799. The predicted octanol–water partition coefficient (Wildman–Crippen LogP) is 2.57. The average molecular weight is 296 g/mol. The van der Waals surface area contributed by atoms with Crippen LogP contribution in [0.1, 0.15) is 59.8 Å². The van der Waals surface area contributed by atoms with Crippen LogP contribution in [-0.2, 0) is 9.53 Å². The molecule has 1 saturated heterocycles. The average Bonchev–Trinajstić information content (AvgIpc) is 3.05. The number of rotatable bonds is 6. The Labute approximate surface area is 129 Å². The lowest BCUT2D eigenvalue weighted by Crippen LogP contribution is -2.54. The van der Waals surface area contributed by atoms with E-state index in [0.717, 1.165) is 25.2 Å². The first-order valence-corrected chi connectivity index (χ1v) is 8.69. The first kappa shape index (κ1) is 16.8. The fourth-order valence-corrected chi connectivity index (χ4v) is 4.06. The Hall–Kier alpha value is -0.610. The van der Waals surface area contributed by atoms with Crippen LogP contribution in [0.5, 0.6) is 0 Å². The maximum absolute atomic E-state index is 12.5. The Bertz CT molecular complexity index is 359. The standard InChI is InChI=1S/C17H32N2O2/c1-5-14-8-10-19(12-14)15-7-9-17(11-15,18-13(3)4)16(20)21-6-2/h13-15,18H,5-12H2,1-4H3. The van der Waals surface area contributed by atoms with Crippen LogP contribution in [0, 0.1) is 5.92 Å². The van der Waals surface area contributed by atoms with Crippen LogP contribution < -0.4 is 5.32 Å². The second-order valence-corrected chi connectivity index (χ2v) is 7.06. The maximum Gasteiger partial charge on any atom is 0.326 e. The molecule has 2 aliphatic rings. The molecule has 0 amide bonds. The zero-order chi connectivity index (χ0) is 15.5. The summed E-state index contributed by atoms with van der Waals surface area (Å²) in [5, 5.41) is 3.52. The number of carbonyl (C=O) groups is 1. The lowest BCUT2D eigenvalue weighted by atomic mass is 9.96. The van der Waals surface area contributed by atoms with Crippen LogP contribution in [0.25, 0.3) is 0 Å². The van der Waals surface area contributed by atoms with Crippen molar-refractivity contribution in [3.05, 3.63) is 0 Å². The lowest BCUT2D eigenvalue weighted by Gasteiger charge is -2.32. The van der Waals surface area contributed by atoms with Crippen molar-refractivity contribution in [3.8, 4) is 0 Å². The highest BCUT2D eigenvalue weighted by Crippen LogP contribution is 2.37. The highest BCUT2D eigenvalue weighted by molar-refractivity contribution is 5.81. The van der Waals surface area contributed by atoms with Crippen molar-refractivity contribution in [2.45, 2.75) is 77.4 Å². The number of nitrogens with zero attached hydrogens (tertiary/aromatic N) is 1. The van der Waals surface area contributed by atoms with E-state index in [1.807, 2.05) is 6.92 Å². The molecule has 1 heterocycles. The fourth-order valence-electron chi connectivity index (χ4n) is 4.06. The molecular formula is C17H32N2O2. The molecule has 3 unspecified atom stereocenters. The van der Waals surface area contributed by atoms with Gasteiger partial charge < -0.3 is 9.64 Å². The summed E-state index contributed by atoms with van der Waals surface area (Å²) in [6, 6.07) is 0.840. The molecule has 2 rings (SSSR count). The zero-order valence-electron chi connectivity index (χ0n) is 14.2. The first-order valence-electron chi connectivity index (χ1n) is 8.69. The van der Waals surface area contributed by atoms with Gasteiger partial charge in [0.15, 0.2) is 0 Å². The van der Waals surface area contributed by atoms with Gasteiger partial charge in [-0.1, -0.05) is 13.3 Å². The molecule has 3 atom stereocenters. The summed E-state index contributed by atoms with van der Waals surface area (Å²) in [7, 11) is 0. The van der Waals surface area contributed by atoms with Crippen molar-refractivity contribution in [3.63, 3.8) is 0 Å². The lowest BCUT2D eigenvalue weighted by molar-refractivity contribution is -0.151. The number of likely N-dealkylation sites (tertiary alicyclic amines) is 1. The SMILES string of the molecule is CCOC(=O)C1(NC(C)C)CCC(N2CCC(CC)C2)C1. The molecule has 1 N–H and O–H groups in total. The van der Waals surface area contributed by atoms with E-state index in [0.29, 0.717) is 18.7 Å². The van der Waals surface area contributed by atoms with Gasteiger partial charge in [-0.05, 0) is 58.9 Å². The minimum Gasteiger partial charge on any atom is -0.465 e. The quantitative estimate of drug-likeness (QED) is 0.765. The Morgan fingerprint density at radius 2 is 2.14 bits per heavy atom. The summed E-state index contributed by atoms with van der Waals surface area (Å²) in [6.45, 7) is 11.3. The third kappa shape index (κ3) is 3.78. The van der Waals surface area contributed by atoms with Crippen LogP contribution in [0.3, 0.4) is 0 Å². The molecule has 2 fully saturated rings. The molecule has 0 spiro atoms. The zero-order valence-corrected chi connectivity index (χ0v) is 14.2. The summed E-state index contributed by atoms with van der Waals surface area (Å²) in [4.78, 5) is 15.1. The van der Waals surface area contributed by atoms with Crippen LogP contribution in [0.4, 0.5) is 0 Å². The van der Waals surface area contributed by atoms with Crippen molar-refractivity contribution < 1.29 is 9.53 Å². The molecule has 1 saturated carbocycles. The van der Waals surface area contributed by atoms with E-state index >= 15 is 0 Å². The monoisotopic (exact) mass is 296 g/mol. The van der Waals surface area contributed by atoms with Gasteiger partial charge in [-0.25, -0.2) is 0 Å². The third-order valence-electron chi connectivity index (χ3n) is 5.13. The number of hydrogen-bond donors (Lipinski definition) is 1. The molecule has 0 aromatic rings. The highest BCUT2D eigenvalue weighted by Gasteiger charge is 2.48. The number of esters is 1. The van der Waals surface area contributed by atoms with Crippen LogP contribution in [0.2, 0.25) is 0 Å². The second-order valence-electron chi connectivity index (χ2n) is 7.06. The Morgan fingerprint density at radius 3 is 2.71 bits per heavy atom. The molecule has 1 aliphatic carbocycles. The molecular weight excluding hydrogens is 264 g/mol. The van der Waals surface area contributed by atoms with Gasteiger partial charge in [0.1, 0.15) is 5.54 Å². The molecule has 0 aromatic heterocycles. The number of nitrogens with one attached hydrogen (secondary N) is 1. The molecule has 0 bridgehead atoms. The predicted molar refractivity (Wildman–Crippen MR) is 85.2 cm³/mol. The van der Waals surface area contributed by atoms with E-state index in [4.69, 9.17) is 4.74 Å². The molecule has 0 aromatic carbocycles. The summed E-state index contributed by atoms with van der Waals surface area (Å²) < 4.78 is 5.36. The van der Waals surface area contributed by atoms with E-state index in [1.165, 1.54) is 25.9 Å². The normalized spacial score (nSPS) is 33.8. The van der Waals surface area contributed by atoms with Gasteiger partial charge in [-0.3, -0.25) is 10.1 Å². The van der Waals surface area contributed by atoms with Gasteiger partial charge in [0, 0.05) is 18.6 Å². The maximum atomic E-state index is 12.5. The Balaban J connectivity index is 2.02. The fraction of sp³-hybridized carbons (Fsp3) is 0.941.